The second-order valence-corrected chi connectivity index (χ2v) is 5.29. The van der Waals surface area contributed by atoms with Crippen LogP contribution in [0.4, 0.5) is 5.69 Å². The van der Waals surface area contributed by atoms with Crippen molar-refractivity contribution in [1.29, 1.82) is 0 Å². The van der Waals surface area contributed by atoms with Gasteiger partial charge in [-0.2, -0.15) is 0 Å². The standard InChI is InChI=1S/C14H15N3OS/c15-14(13-3-1-10-19-13)16-11-4-6-12(7-5-11)18-17-8-2-9-17/h1,3-7,10H,2,8-9H2,(H2,15,16). The molecule has 0 radical (unpaired) electrons. The number of hydroxylamine groups is 2. The van der Waals surface area contributed by atoms with Crippen molar-refractivity contribution in [3.05, 3.63) is 46.7 Å². The molecule has 2 aromatic rings. The van der Waals surface area contributed by atoms with Crippen molar-refractivity contribution >= 4 is 22.9 Å². The van der Waals surface area contributed by atoms with Crippen LogP contribution in [-0.2, 0) is 0 Å². The number of benzene rings is 1. The van der Waals surface area contributed by atoms with Crippen LogP contribution in [0.15, 0.2) is 46.8 Å². The smallest absolute Gasteiger partial charge is 0.147 e. The molecule has 0 unspecified atom stereocenters. The maximum atomic E-state index is 5.94. The van der Waals surface area contributed by atoms with Crippen LogP contribution in [0.2, 0.25) is 0 Å². The molecule has 2 N–H and O–H groups in total. The Kier molecular flexibility index (Phi) is 3.48. The van der Waals surface area contributed by atoms with Gasteiger partial charge in [0.25, 0.3) is 0 Å². The largest absolute Gasteiger partial charge is 0.406 e. The van der Waals surface area contributed by atoms with Crippen LogP contribution in [0.3, 0.4) is 0 Å². The highest BCUT2D eigenvalue weighted by molar-refractivity contribution is 7.12. The summed E-state index contributed by atoms with van der Waals surface area (Å²) < 4.78 is 0. The molecule has 19 heavy (non-hydrogen) atoms. The van der Waals surface area contributed by atoms with Crippen LogP contribution in [0.5, 0.6) is 5.75 Å². The lowest BCUT2D eigenvalue weighted by Gasteiger charge is -2.29. The van der Waals surface area contributed by atoms with E-state index in [4.69, 9.17) is 10.6 Å². The van der Waals surface area contributed by atoms with Gasteiger partial charge in [0.15, 0.2) is 0 Å². The van der Waals surface area contributed by atoms with E-state index in [1.54, 1.807) is 11.3 Å². The Labute approximate surface area is 116 Å². The number of hydrogen-bond acceptors (Lipinski definition) is 4. The first-order valence-electron chi connectivity index (χ1n) is 6.22. The van der Waals surface area contributed by atoms with Crippen molar-refractivity contribution in [2.24, 2.45) is 10.7 Å². The van der Waals surface area contributed by atoms with E-state index in [-0.39, 0.29) is 0 Å². The van der Waals surface area contributed by atoms with E-state index < -0.39 is 0 Å². The molecule has 0 aliphatic carbocycles. The molecule has 2 heterocycles. The molecule has 3 rings (SSSR count). The Bertz CT molecular complexity index is 559. The van der Waals surface area contributed by atoms with Crippen molar-refractivity contribution in [2.45, 2.75) is 6.42 Å². The minimum absolute atomic E-state index is 0.548. The first-order chi connectivity index (χ1) is 9.31. The third-order valence-corrected chi connectivity index (χ3v) is 3.80. The molecule has 1 aliphatic rings. The van der Waals surface area contributed by atoms with Gasteiger partial charge in [0.1, 0.15) is 11.6 Å². The van der Waals surface area contributed by atoms with Gasteiger partial charge < -0.3 is 10.6 Å². The summed E-state index contributed by atoms with van der Waals surface area (Å²) in [6.45, 7) is 2.01. The van der Waals surface area contributed by atoms with Crippen molar-refractivity contribution in [3.63, 3.8) is 0 Å². The Morgan fingerprint density at radius 2 is 2.00 bits per heavy atom. The molecule has 0 spiro atoms. The SMILES string of the molecule is NC(=Nc1ccc(ON2CCC2)cc1)c1cccs1. The first kappa shape index (κ1) is 12.2. The molecular formula is C14H15N3OS. The molecule has 1 saturated heterocycles. The van der Waals surface area contributed by atoms with E-state index in [0.29, 0.717) is 5.84 Å². The van der Waals surface area contributed by atoms with Gasteiger partial charge in [0.05, 0.1) is 10.6 Å². The minimum atomic E-state index is 0.548. The van der Waals surface area contributed by atoms with Crippen LogP contribution >= 0.6 is 11.3 Å². The molecule has 0 bridgehead atoms. The van der Waals surface area contributed by atoms with E-state index >= 15 is 0 Å². The van der Waals surface area contributed by atoms with E-state index in [0.717, 1.165) is 29.4 Å². The number of hydrogen-bond donors (Lipinski definition) is 1. The van der Waals surface area contributed by atoms with E-state index in [9.17, 15) is 0 Å². The van der Waals surface area contributed by atoms with Crippen molar-refractivity contribution in [2.75, 3.05) is 13.1 Å². The summed E-state index contributed by atoms with van der Waals surface area (Å²) in [6, 6.07) is 11.6. The number of nitrogens with two attached hydrogens (primary N) is 1. The Hall–Kier alpha value is -1.85. The van der Waals surface area contributed by atoms with Crippen LogP contribution in [0.25, 0.3) is 0 Å². The Balaban J connectivity index is 1.69. The molecule has 1 aliphatic heterocycles. The fourth-order valence-corrected chi connectivity index (χ4v) is 2.35. The molecule has 1 aromatic heterocycles. The van der Waals surface area contributed by atoms with Gasteiger partial charge in [-0.1, -0.05) is 6.07 Å². The molecule has 0 saturated carbocycles. The maximum absolute atomic E-state index is 5.94. The number of amidine groups is 1. The summed E-state index contributed by atoms with van der Waals surface area (Å²) in [4.78, 5) is 11.0. The van der Waals surface area contributed by atoms with Crippen molar-refractivity contribution in [3.8, 4) is 5.75 Å². The maximum Gasteiger partial charge on any atom is 0.147 e. The Morgan fingerprint density at radius 3 is 2.58 bits per heavy atom. The normalized spacial score (nSPS) is 16.1. The summed E-state index contributed by atoms with van der Waals surface area (Å²) in [5.74, 6) is 1.39. The number of aliphatic imine (C=N–C) groups is 1. The van der Waals surface area contributed by atoms with Crippen LogP contribution in [-0.4, -0.2) is 24.0 Å². The van der Waals surface area contributed by atoms with Crippen molar-refractivity contribution < 1.29 is 4.84 Å². The second-order valence-electron chi connectivity index (χ2n) is 4.34. The summed E-state index contributed by atoms with van der Waals surface area (Å²) in [7, 11) is 0. The summed E-state index contributed by atoms with van der Waals surface area (Å²) >= 11 is 1.59. The topological polar surface area (TPSA) is 50.9 Å². The van der Waals surface area contributed by atoms with Crippen LogP contribution < -0.4 is 10.6 Å². The lowest BCUT2D eigenvalue weighted by Crippen LogP contribution is -2.39. The average Bonchev–Trinajstić information content (AvgIpc) is 2.89. The summed E-state index contributed by atoms with van der Waals surface area (Å²) in [6.07, 6.45) is 1.21. The molecule has 0 atom stereocenters. The lowest BCUT2D eigenvalue weighted by molar-refractivity contribution is -0.107. The molecule has 5 heteroatoms. The van der Waals surface area contributed by atoms with E-state index in [2.05, 4.69) is 4.99 Å². The highest BCUT2D eigenvalue weighted by Crippen LogP contribution is 2.21. The minimum Gasteiger partial charge on any atom is -0.406 e. The van der Waals surface area contributed by atoms with Gasteiger partial charge in [0.2, 0.25) is 0 Å². The fraction of sp³-hybridized carbons (Fsp3) is 0.214. The highest BCUT2D eigenvalue weighted by Gasteiger charge is 2.15. The average molecular weight is 273 g/mol. The van der Waals surface area contributed by atoms with Gasteiger partial charge in [-0.05, 0) is 42.1 Å². The first-order valence-corrected chi connectivity index (χ1v) is 7.10. The zero-order valence-electron chi connectivity index (χ0n) is 10.5. The predicted molar refractivity (Wildman–Crippen MR) is 78.0 cm³/mol. The molecular weight excluding hydrogens is 258 g/mol. The third kappa shape index (κ3) is 2.94. The molecule has 98 valence electrons. The van der Waals surface area contributed by atoms with Gasteiger partial charge in [0, 0.05) is 13.1 Å². The van der Waals surface area contributed by atoms with Gasteiger partial charge in [-0.25, -0.2) is 4.99 Å². The predicted octanol–water partition coefficient (Wildman–Crippen LogP) is 2.78. The fourth-order valence-electron chi connectivity index (χ4n) is 1.73. The van der Waals surface area contributed by atoms with E-state index in [1.807, 2.05) is 46.8 Å². The summed E-state index contributed by atoms with van der Waals surface area (Å²) in [5.41, 5.74) is 6.78. The zero-order chi connectivity index (χ0) is 13.1. The number of rotatable bonds is 4. The molecule has 1 fully saturated rings. The molecule has 1 aromatic carbocycles. The summed E-state index contributed by atoms with van der Waals surface area (Å²) in [5, 5.41) is 3.93. The Morgan fingerprint density at radius 1 is 1.21 bits per heavy atom. The van der Waals surface area contributed by atoms with Crippen molar-refractivity contribution in [1.82, 2.24) is 5.06 Å². The van der Waals surface area contributed by atoms with Gasteiger partial charge in [-0.3, -0.25) is 0 Å². The number of nitrogens with zero attached hydrogens (tertiary/aromatic N) is 2. The third-order valence-electron chi connectivity index (χ3n) is 2.91. The lowest BCUT2D eigenvalue weighted by atomic mass is 10.3. The highest BCUT2D eigenvalue weighted by atomic mass is 32.1. The van der Waals surface area contributed by atoms with Crippen LogP contribution in [0.1, 0.15) is 11.3 Å². The molecule has 4 nitrogen and oxygen atoms in total. The van der Waals surface area contributed by atoms with Gasteiger partial charge in [-0.15, -0.1) is 16.4 Å². The quantitative estimate of drug-likeness (QED) is 0.688. The van der Waals surface area contributed by atoms with Crippen LogP contribution in [0, 0.1) is 0 Å². The monoisotopic (exact) mass is 273 g/mol. The van der Waals surface area contributed by atoms with Gasteiger partial charge >= 0.3 is 0 Å². The molecule has 0 amide bonds. The van der Waals surface area contributed by atoms with E-state index in [1.165, 1.54) is 6.42 Å². The number of thiophene rings is 1. The zero-order valence-corrected chi connectivity index (χ0v) is 11.3. The second kappa shape index (κ2) is 5.42.